The van der Waals surface area contributed by atoms with Crippen LogP contribution >= 0.6 is 0 Å². The fourth-order valence-electron chi connectivity index (χ4n) is 3.60. The van der Waals surface area contributed by atoms with Crippen LogP contribution in [0, 0.1) is 0 Å². The highest BCUT2D eigenvalue weighted by atomic mass is 16.1. The first-order chi connectivity index (χ1) is 13.3. The van der Waals surface area contributed by atoms with Gasteiger partial charge in [-0.2, -0.15) is 0 Å². The molecular weight excluding hydrogens is 332 g/mol. The largest absolute Gasteiger partial charge is 0.367 e. The van der Waals surface area contributed by atoms with Crippen LogP contribution in [0.25, 0.3) is 0 Å². The number of hydrogen-bond acceptors (Lipinski definition) is 2. The maximum Gasteiger partial charge on any atom is 0.224 e. The van der Waals surface area contributed by atoms with Crippen LogP contribution in [0.2, 0.25) is 0 Å². The Labute approximate surface area is 160 Å². The minimum Gasteiger partial charge on any atom is -0.367 e. The zero-order chi connectivity index (χ0) is 18.5. The van der Waals surface area contributed by atoms with Gasteiger partial charge in [0.1, 0.15) is 0 Å². The molecule has 1 aliphatic heterocycles. The minimum atomic E-state index is 0.0542. The maximum absolute atomic E-state index is 12.2. The van der Waals surface area contributed by atoms with Crippen LogP contribution in [0.1, 0.15) is 23.1 Å². The highest BCUT2D eigenvalue weighted by Gasteiger charge is 2.16. The molecule has 3 heteroatoms. The number of nitrogens with zero attached hydrogens (tertiary/aromatic N) is 1. The molecule has 0 spiro atoms. The van der Waals surface area contributed by atoms with Gasteiger partial charge < -0.3 is 10.2 Å². The van der Waals surface area contributed by atoms with E-state index in [1.807, 2.05) is 30.3 Å². The topological polar surface area (TPSA) is 32.3 Å². The quantitative estimate of drug-likeness (QED) is 0.711. The van der Waals surface area contributed by atoms with Gasteiger partial charge in [-0.25, -0.2) is 0 Å². The molecule has 0 saturated carbocycles. The number of nitrogens with one attached hydrogen (secondary N) is 1. The number of hydrogen-bond donors (Lipinski definition) is 1. The van der Waals surface area contributed by atoms with Gasteiger partial charge in [-0.1, -0.05) is 54.6 Å². The van der Waals surface area contributed by atoms with E-state index in [0.717, 1.165) is 31.6 Å². The first kappa shape index (κ1) is 17.3. The molecule has 0 bridgehead atoms. The van der Waals surface area contributed by atoms with Gasteiger partial charge in [-0.05, 0) is 53.8 Å². The number of aryl methyl sites for hydroxylation is 1. The number of amides is 1. The van der Waals surface area contributed by atoms with Crippen molar-refractivity contribution in [3.8, 4) is 0 Å². The van der Waals surface area contributed by atoms with E-state index >= 15 is 0 Å². The molecular formula is C24H24N2O. The average Bonchev–Trinajstić information content (AvgIpc) is 2.73. The van der Waals surface area contributed by atoms with Gasteiger partial charge in [0.15, 0.2) is 0 Å². The van der Waals surface area contributed by atoms with Gasteiger partial charge in [0.25, 0.3) is 0 Å². The third-order valence-electron chi connectivity index (χ3n) is 5.13. The molecule has 0 radical (unpaired) electrons. The van der Waals surface area contributed by atoms with Crippen LogP contribution in [-0.2, 0) is 24.2 Å². The summed E-state index contributed by atoms with van der Waals surface area (Å²) in [7, 11) is 0. The Morgan fingerprint density at radius 2 is 1.56 bits per heavy atom. The summed E-state index contributed by atoms with van der Waals surface area (Å²) < 4.78 is 0. The summed E-state index contributed by atoms with van der Waals surface area (Å²) >= 11 is 0. The monoisotopic (exact) mass is 356 g/mol. The molecule has 1 aliphatic rings. The summed E-state index contributed by atoms with van der Waals surface area (Å²) in [5.41, 5.74) is 6.10. The number of rotatable bonds is 5. The highest BCUT2D eigenvalue weighted by Crippen LogP contribution is 2.25. The number of fused-ring (bicyclic) bond motifs is 1. The van der Waals surface area contributed by atoms with Crippen LogP contribution in [0.5, 0.6) is 0 Å². The predicted octanol–water partition coefficient (Wildman–Crippen LogP) is 4.82. The molecule has 0 saturated heterocycles. The van der Waals surface area contributed by atoms with Crippen molar-refractivity contribution in [1.82, 2.24) is 0 Å². The minimum absolute atomic E-state index is 0.0542. The van der Waals surface area contributed by atoms with E-state index < -0.39 is 0 Å². The van der Waals surface area contributed by atoms with Crippen LogP contribution < -0.4 is 10.2 Å². The Balaban J connectivity index is 1.33. The number of carbonyl (C=O) groups is 1. The van der Waals surface area contributed by atoms with Gasteiger partial charge >= 0.3 is 0 Å². The van der Waals surface area contributed by atoms with E-state index in [-0.39, 0.29) is 5.91 Å². The van der Waals surface area contributed by atoms with Crippen molar-refractivity contribution < 1.29 is 4.79 Å². The van der Waals surface area contributed by atoms with Gasteiger partial charge in [-0.15, -0.1) is 0 Å². The summed E-state index contributed by atoms with van der Waals surface area (Å²) in [4.78, 5) is 14.6. The first-order valence-corrected chi connectivity index (χ1v) is 9.53. The number of benzene rings is 3. The lowest BCUT2D eigenvalue weighted by Crippen LogP contribution is -2.30. The first-order valence-electron chi connectivity index (χ1n) is 9.53. The molecule has 1 amide bonds. The molecule has 0 fully saturated rings. The van der Waals surface area contributed by atoms with Gasteiger partial charge in [0.2, 0.25) is 5.91 Å². The van der Waals surface area contributed by atoms with Crippen LogP contribution in [0.3, 0.4) is 0 Å². The molecule has 0 unspecified atom stereocenters. The average molecular weight is 356 g/mol. The Kier molecular flexibility index (Phi) is 5.20. The van der Waals surface area contributed by atoms with Gasteiger partial charge in [0.05, 0.1) is 0 Å². The second-order valence-electron chi connectivity index (χ2n) is 7.02. The lowest BCUT2D eigenvalue weighted by atomic mass is 9.99. The van der Waals surface area contributed by atoms with Crippen molar-refractivity contribution in [2.24, 2.45) is 0 Å². The Morgan fingerprint density at radius 3 is 2.33 bits per heavy atom. The van der Waals surface area contributed by atoms with E-state index in [9.17, 15) is 4.79 Å². The van der Waals surface area contributed by atoms with Crippen LogP contribution in [0.4, 0.5) is 11.4 Å². The van der Waals surface area contributed by atoms with Crippen LogP contribution in [-0.4, -0.2) is 12.5 Å². The molecule has 1 N–H and O–H groups in total. The van der Waals surface area contributed by atoms with Crippen molar-refractivity contribution in [1.29, 1.82) is 0 Å². The van der Waals surface area contributed by atoms with E-state index in [0.29, 0.717) is 6.42 Å². The zero-order valence-corrected chi connectivity index (χ0v) is 15.4. The molecule has 3 nitrogen and oxygen atoms in total. The molecule has 0 aliphatic carbocycles. The van der Waals surface area contributed by atoms with Crippen LogP contribution in [0.15, 0.2) is 78.9 Å². The molecule has 0 aromatic heterocycles. The Bertz CT molecular complexity index is 903. The van der Waals surface area contributed by atoms with Crippen molar-refractivity contribution in [2.75, 3.05) is 16.8 Å². The third kappa shape index (κ3) is 4.37. The van der Waals surface area contributed by atoms with Crippen molar-refractivity contribution in [3.63, 3.8) is 0 Å². The van der Waals surface area contributed by atoms with Crippen molar-refractivity contribution in [2.45, 2.75) is 25.8 Å². The summed E-state index contributed by atoms with van der Waals surface area (Å²) in [6.07, 6.45) is 2.33. The number of anilines is 2. The Hall–Kier alpha value is -3.07. The standard InChI is InChI=1S/C24H24N2O/c27-24(15-10-19-6-2-1-3-7-19)25-22-11-13-23(14-12-22)26-17-16-20-8-4-5-9-21(20)18-26/h1-9,11-14H,10,15-18H2,(H,25,27). The maximum atomic E-state index is 12.2. The fraction of sp³-hybridized carbons (Fsp3) is 0.208. The smallest absolute Gasteiger partial charge is 0.224 e. The SMILES string of the molecule is O=C(CCc1ccccc1)Nc1ccc(N2CCc3ccccc3C2)cc1. The molecule has 1 heterocycles. The van der Waals surface area contributed by atoms with E-state index in [2.05, 4.69) is 58.7 Å². The van der Waals surface area contributed by atoms with Gasteiger partial charge in [0, 0.05) is 30.9 Å². The Morgan fingerprint density at radius 1 is 0.852 bits per heavy atom. The second-order valence-corrected chi connectivity index (χ2v) is 7.02. The third-order valence-corrected chi connectivity index (χ3v) is 5.13. The highest BCUT2D eigenvalue weighted by molar-refractivity contribution is 5.91. The van der Waals surface area contributed by atoms with E-state index in [1.165, 1.54) is 22.4 Å². The summed E-state index contributed by atoms with van der Waals surface area (Å²) in [6.45, 7) is 1.97. The molecule has 136 valence electrons. The van der Waals surface area contributed by atoms with Gasteiger partial charge in [-0.3, -0.25) is 4.79 Å². The lowest BCUT2D eigenvalue weighted by Gasteiger charge is -2.30. The molecule has 4 rings (SSSR count). The summed E-state index contributed by atoms with van der Waals surface area (Å²) in [5, 5.41) is 3.00. The van der Waals surface area contributed by atoms with E-state index in [1.54, 1.807) is 0 Å². The molecule has 27 heavy (non-hydrogen) atoms. The van der Waals surface area contributed by atoms with Crippen molar-refractivity contribution >= 4 is 17.3 Å². The molecule has 3 aromatic carbocycles. The summed E-state index contributed by atoms with van der Waals surface area (Å²) in [5.74, 6) is 0.0542. The number of carbonyl (C=O) groups excluding carboxylic acids is 1. The fourth-order valence-corrected chi connectivity index (χ4v) is 3.60. The van der Waals surface area contributed by atoms with Crippen molar-refractivity contribution in [3.05, 3.63) is 95.6 Å². The molecule has 3 aromatic rings. The molecule has 0 atom stereocenters. The normalized spacial score (nSPS) is 13.1. The van der Waals surface area contributed by atoms with E-state index in [4.69, 9.17) is 0 Å². The lowest BCUT2D eigenvalue weighted by molar-refractivity contribution is -0.116. The second kappa shape index (κ2) is 8.09. The predicted molar refractivity (Wildman–Crippen MR) is 111 cm³/mol. The summed E-state index contributed by atoms with van der Waals surface area (Å²) in [6, 6.07) is 27.0. The zero-order valence-electron chi connectivity index (χ0n) is 15.4.